The number of imidazole rings is 1. The van der Waals surface area contributed by atoms with E-state index in [0.717, 1.165) is 20.4 Å². The number of carbonyl (C=O) groups is 1. The summed E-state index contributed by atoms with van der Waals surface area (Å²) in [5, 5.41) is 11.6. The van der Waals surface area contributed by atoms with Gasteiger partial charge in [-0.05, 0) is 64.0 Å². The molecule has 9 nitrogen and oxygen atoms in total. The molecule has 1 amide bonds. The van der Waals surface area contributed by atoms with Crippen LogP contribution in [0.15, 0.2) is 54.7 Å². The normalized spacial score (nSPS) is 10.8. The number of nitrogens with one attached hydrogen (secondary N) is 1. The fraction of sp³-hybridized carbons (Fsp3) is 0.174. The van der Waals surface area contributed by atoms with E-state index in [1.165, 1.54) is 0 Å². The molecule has 0 radical (unpaired) electrons. The van der Waals surface area contributed by atoms with Crippen molar-refractivity contribution in [1.29, 1.82) is 0 Å². The molecule has 4 aromatic rings. The van der Waals surface area contributed by atoms with Crippen LogP contribution >= 0.6 is 22.6 Å². The maximum atomic E-state index is 11.3. The van der Waals surface area contributed by atoms with E-state index in [9.17, 15) is 9.90 Å². The molecule has 0 unspecified atom stereocenters. The molecule has 2 N–H and O–H groups in total. The monoisotopic (exact) mass is 560 g/mol. The third-order valence-corrected chi connectivity index (χ3v) is 5.48. The minimum Gasteiger partial charge on any atom is -0.497 e. The predicted octanol–water partition coefficient (Wildman–Crippen LogP) is 4.77. The van der Waals surface area contributed by atoms with E-state index in [1.54, 1.807) is 25.0 Å². The maximum absolute atomic E-state index is 11.3. The average molecular weight is 560 g/mol. The number of pyridine rings is 1. The summed E-state index contributed by atoms with van der Waals surface area (Å²) in [5.41, 5.74) is 3.06. The molecule has 0 aliphatic carbocycles. The standard InChI is InChI=1S/C23H21IN4O5/c1-31-17-6-3-14(4-7-17)13-33-19-8-5-15(9-20(19)32-2)12-28-21-18(10-16(24)11-25-21)26-22(28)27-23(29)30/h3-11H,12-13H2,1-2H3,(H,26,27)(H,29,30). The predicted molar refractivity (Wildman–Crippen MR) is 131 cm³/mol. The Morgan fingerprint density at radius 2 is 1.82 bits per heavy atom. The van der Waals surface area contributed by atoms with Crippen molar-refractivity contribution in [3.63, 3.8) is 0 Å². The summed E-state index contributed by atoms with van der Waals surface area (Å²) in [6.45, 7) is 0.718. The first kappa shape index (κ1) is 22.6. The van der Waals surface area contributed by atoms with Crippen molar-refractivity contribution < 1.29 is 24.1 Å². The Hall–Kier alpha value is -3.54. The van der Waals surface area contributed by atoms with Gasteiger partial charge in [0.2, 0.25) is 5.95 Å². The second-order valence-electron chi connectivity index (χ2n) is 7.07. The number of rotatable bonds is 8. The zero-order chi connectivity index (χ0) is 23.4. The van der Waals surface area contributed by atoms with Gasteiger partial charge in [-0.25, -0.2) is 14.8 Å². The Balaban J connectivity index is 1.57. The molecule has 0 atom stereocenters. The number of halogens is 1. The highest BCUT2D eigenvalue weighted by molar-refractivity contribution is 14.1. The number of hydrogen-bond donors (Lipinski definition) is 2. The van der Waals surface area contributed by atoms with Gasteiger partial charge < -0.3 is 19.3 Å². The molecule has 2 aromatic carbocycles. The van der Waals surface area contributed by atoms with E-state index in [4.69, 9.17) is 14.2 Å². The molecule has 2 aromatic heterocycles. The molecule has 0 bridgehead atoms. The van der Waals surface area contributed by atoms with Crippen LogP contribution in [-0.2, 0) is 13.2 Å². The number of amides is 1. The second kappa shape index (κ2) is 9.94. The van der Waals surface area contributed by atoms with Gasteiger partial charge in [-0.2, -0.15) is 0 Å². The lowest BCUT2D eigenvalue weighted by atomic mass is 10.2. The van der Waals surface area contributed by atoms with Crippen molar-refractivity contribution >= 4 is 45.8 Å². The van der Waals surface area contributed by atoms with E-state index >= 15 is 0 Å². The fourth-order valence-electron chi connectivity index (χ4n) is 3.32. The van der Waals surface area contributed by atoms with Gasteiger partial charge in [0.25, 0.3) is 0 Å². The van der Waals surface area contributed by atoms with Crippen LogP contribution in [0.3, 0.4) is 0 Å². The first-order valence-electron chi connectivity index (χ1n) is 9.91. The van der Waals surface area contributed by atoms with Crippen molar-refractivity contribution in [3.05, 3.63) is 69.4 Å². The van der Waals surface area contributed by atoms with E-state index in [-0.39, 0.29) is 5.95 Å². The topological polar surface area (TPSA) is 108 Å². The van der Waals surface area contributed by atoms with Gasteiger partial charge in [-0.15, -0.1) is 0 Å². The molecule has 0 saturated carbocycles. The Morgan fingerprint density at radius 1 is 1.06 bits per heavy atom. The molecular weight excluding hydrogens is 539 g/mol. The molecule has 33 heavy (non-hydrogen) atoms. The molecule has 0 saturated heterocycles. The lowest BCUT2D eigenvalue weighted by Gasteiger charge is -2.14. The first-order valence-corrected chi connectivity index (χ1v) is 11.0. The summed E-state index contributed by atoms with van der Waals surface area (Å²) in [6.07, 6.45) is 0.517. The summed E-state index contributed by atoms with van der Waals surface area (Å²) in [6, 6.07) is 15.1. The number of methoxy groups -OCH3 is 2. The Bertz CT molecular complexity index is 1290. The van der Waals surface area contributed by atoms with Crippen LogP contribution < -0.4 is 19.5 Å². The number of fused-ring (bicyclic) bond motifs is 1. The molecule has 0 spiro atoms. The molecule has 170 valence electrons. The molecule has 4 rings (SSSR count). The number of ether oxygens (including phenoxy) is 3. The van der Waals surface area contributed by atoms with Gasteiger partial charge in [0.05, 0.1) is 20.8 Å². The number of hydrogen-bond acceptors (Lipinski definition) is 6. The van der Waals surface area contributed by atoms with Crippen LogP contribution in [0.4, 0.5) is 10.7 Å². The second-order valence-corrected chi connectivity index (χ2v) is 8.32. The maximum Gasteiger partial charge on any atom is 0.411 e. The van der Waals surface area contributed by atoms with Crippen LogP contribution in [-0.4, -0.2) is 40.0 Å². The van der Waals surface area contributed by atoms with Crippen LogP contribution in [0.25, 0.3) is 11.2 Å². The third-order valence-electron chi connectivity index (χ3n) is 4.89. The van der Waals surface area contributed by atoms with Crippen molar-refractivity contribution in [2.75, 3.05) is 19.5 Å². The van der Waals surface area contributed by atoms with Gasteiger partial charge in [0.1, 0.15) is 17.9 Å². The first-order chi connectivity index (χ1) is 16.0. The Kier molecular flexibility index (Phi) is 6.82. The van der Waals surface area contributed by atoms with Crippen molar-refractivity contribution in [3.8, 4) is 17.2 Å². The molecule has 0 fully saturated rings. The van der Waals surface area contributed by atoms with Crippen molar-refractivity contribution in [2.45, 2.75) is 13.2 Å². The largest absolute Gasteiger partial charge is 0.497 e. The number of benzene rings is 2. The zero-order valence-corrected chi connectivity index (χ0v) is 20.1. The smallest absolute Gasteiger partial charge is 0.411 e. The van der Waals surface area contributed by atoms with Gasteiger partial charge >= 0.3 is 6.09 Å². The van der Waals surface area contributed by atoms with Crippen molar-refractivity contribution in [2.24, 2.45) is 0 Å². The number of nitrogens with zero attached hydrogens (tertiary/aromatic N) is 3. The van der Waals surface area contributed by atoms with E-state index in [1.807, 2.05) is 48.5 Å². The summed E-state index contributed by atoms with van der Waals surface area (Å²) in [4.78, 5) is 20.1. The van der Waals surface area contributed by atoms with Gasteiger partial charge in [0.15, 0.2) is 17.1 Å². The number of carboxylic acid groups (broad SMARTS) is 1. The van der Waals surface area contributed by atoms with E-state index < -0.39 is 6.09 Å². The summed E-state index contributed by atoms with van der Waals surface area (Å²) >= 11 is 2.14. The highest BCUT2D eigenvalue weighted by Gasteiger charge is 2.16. The molecule has 0 aliphatic heterocycles. The third kappa shape index (κ3) is 5.28. The molecule has 10 heteroatoms. The molecule has 2 heterocycles. The minimum absolute atomic E-state index is 0.200. The van der Waals surface area contributed by atoms with Crippen LogP contribution in [0.5, 0.6) is 17.2 Å². The molecular formula is C23H21IN4O5. The lowest BCUT2D eigenvalue weighted by molar-refractivity contribution is 0.209. The summed E-state index contributed by atoms with van der Waals surface area (Å²) in [5.74, 6) is 2.16. The van der Waals surface area contributed by atoms with Crippen LogP contribution in [0.2, 0.25) is 0 Å². The van der Waals surface area contributed by atoms with E-state index in [2.05, 4.69) is 37.9 Å². The zero-order valence-electron chi connectivity index (χ0n) is 17.9. The highest BCUT2D eigenvalue weighted by atomic mass is 127. The summed E-state index contributed by atoms with van der Waals surface area (Å²) < 4.78 is 19.3. The Morgan fingerprint density at radius 3 is 2.52 bits per heavy atom. The van der Waals surface area contributed by atoms with Gasteiger partial charge in [-0.1, -0.05) is 18.2 Å². The summed E-state index contributed by atoms with van der Waals surface area (Å²) in [7, 11) is 3.20. The SMILES string of the molecule is COc1ccc(COc2ccc(Cn3c(NC(=O)O)nc4cc(I)cnc43)cc2OC)cc1. The minimum atomic E-state index is -1.19. The average Bonchev–Trinajstić information content (AvgIpc) is 3.13. The quantitative estimate of drug-likeness (QED) is 0.299. The van der Waals surface area contributed by atoms with Crippen molar-refractivity contribution in [1.82, 2.24) is 14.5 Å². The lowest BCUT2D eigenvalue weighted by Crippen LogP contribution is -2.14. The fourth-order valence-corrected chi connectivity index (χ4v) is 3.76. The molecule has 0 aliphatic rings. The number of anilines is 1. The van der Waals surface area contributed by atoms with Gasteiger partial charge in [-0.3, -0.25) is 9.88 Å². The Labute approximate surface area is 203 Å². The van der Waals surface area contributed by atoms with Crippen LogP contribution in [0, 0.1) is 3.57 Å². The van der Waals surface area contributed by atoms with Gasteiger partial charge in [0, 0.05) is 9.77 Å². The van der Waals surface area contributed by atoms with Crippen LogP contribution in [0.1, 0.15) is 11.1 Å². The number of aromatic nitrogens is 3. The van der Waals surface area contributed by atoms with E-state index in [0.29, 0.717) is 35.8 Å². The highest BCUT2D eigenvalue weighted by Crippen LogP contribution is 2.30.